The topological polar surface area (TPSA) is 78.8 Å². The second kappa shape index (κ2) is 8.05. The predicted octanol–water partition coefficient (Wildman–Crippen LogP) is -1.17. The van der Waals surface area contributed by atoms with Crippen molar-refractivity contribution >= 4 is 17.7 Å². The van der Waals surface area contributed by atoms with E-state index in [0.29, 0.717) is 11.5 Å². The van der Waals surface area contributed by atoms with Crippen LogP contribution in [-0.4, -0.2) is 60.6 Å². The fourth-order valence-electron chi connectivity index (χ4n) is 0.786. The lowest BCUT2D eigenvalue weighted by Crippen LogP contribution is -2.37. The van der Waals surface area contributed by atoms with Gasteiger partial charge in [-0.25, -0.2) is 0 Å². The van der Waals surface area contributed by atoms with Crippen molar-refractivity contribution in [1.82, 2.24) is 5.32 Å². The number of hydrogen-bond acceptors (Lipinski definition) is 6. The van der Waals surface area contributed by atoms with Gasteiger partial charge in [0.25, 0.3) is 0 Å². The summed E-state index contributed by atoms with van der Waals surface area (Å²) >= 11 is 1.39. The van der Waals surface area contributed by atoms with Crippen molar-refractivity contribution in [2.24, 2.45) is 0 Å². The SMILES string of the molecule is CNC(CSCC(O)CO)C(=O)OC. The molecule has 6 heteroatoms. The molecule has 0 heterocycles. The Hall–Kier alpha value is -0.300. The van der Waals surface area contributed by atoms with Gasteiger partial charge < -0.3 is 20.3 Å². The molecule has 0 bridgehead atoms. The van der Waals surface area contributed by atoms with E-state index in [1.807, 2.05) is 0 Å². The number of nitrogens with one attached hydrogen (secondary N) is 1. The van der Waals surface area contributed by atoms with Crippen molar-refractivity contribution in [3.63, 3.8) is 0 Å². The summed E-state index contributed by atoms with van der Waals surface area (Å²) in [5.41, 5.74) is 0. The molecule has 0 fully saturated rings. The number of esters is 1. The molecule has 0 rings (SSSR count). The Morgan fingerprint density at radius 2 is 2.21 bits per heavy atom. The molecule has 0 aromatic carbocycles. The number of ether oxygens (including phenoxy) is 1. The molecule has 0 aliphatic rings. The van der Waals surface area contributed by atoms with Crippen LogP contribution in [0.25, 0.3) is 0 Å². The van der Waals surface area contributed by atoms with Crippen LogP contribution in [0.4, 0.5) is 0 Å². The van der Waals surface area contributed by atoms with E-state index in [9.17, 15) is 4.79 Å². The number of methoxy groups -OCH3 is 1. The van der Waals surface area contributed by atoms with Crippen LogP contribution in [0.15, 0.2) is 0 Å². The zero-order chi connectivity index (χ0) is 11.0. The molecule has 5 nitrogen and oxygen atoms in total. The molecule has 0 aliphatic heterocycles. The highest BCUT2D eigenvalue weighted by molar-refractivity contribution is 7.99. The first-order valence-corrected chi connectivity index (χ1v) is 5.43. The zero-order valence-electron chi connectivity index (χ0n) is 8.40. The molecule has 0 saturated carbocycles. The van der Waals surface area contributed by atoms with Crippen molar-refractivity contribution in [1.29, 1.82) is 0 Å². The Morgan fingerprint density at radius 3 is 2.64 bits per heavy atom. The first kappa shape index (κ1) is 13.7. The van der Waals surface area contributed by atoms with Gasteiger partial charge in [-0.05, 0) is 7.05 Å². The molecule has 0 aromatic heterocycles. The summed E-state index contributed by atoms with van der Waals surface area (Å²) in [6.07, 6.45) is -0.727. The van der Waals surface area contributed by atoms with Crippen LogP contribution in [-0.2, 0) is 9.53 Å². The molecule has 14 heavy (non-hydrogen) atoms. The quantitative estimate of drug-likeness (QED) is 0.472. The zero-order valence-corrected chi connectivity index (χ0v) is 9.21. The molecule has 3 N–H and O–H groups in total. The first-order chi connectivity index (χ1) is 6.65. The number of aliphatic hydroxyl groups excluding tert-OH is 2. The van der Waals surface area contributed by atoms with Gasteiger partial charge >= 0.3 is 5.97 Å². The fourth-order valence-corrected chi connectivity index (χ4v) is 1.84. The van der Waals surface area contributed by atoms with E-state index >= 15 is 0 Å². The van der Waals surface area contributed by atoms with E-state index in [1.54, 1.807) is 7.05 Å². The Labute approximate surface area is 87.8 Å². The van der Waals surface area contributed by atoms with Crippen molar-refractivity contribution in [3.05, 3.63) is 0 Å². The van der Waals surface area contributed by atoms with Crippen LogP contribution in [0.3, 0.4) is 0 Å². The number of rotatable bonds is 7. The van der Waals surface area contributed by atoms with Gasteiger partial charge in [-0.15, -0.1) is 0 Å². The van der Waals surface area contributed by atoms with Crippen LogP contribution in [0.1, 0.15) is 0 Å². The van der Waals surface area contributed by atoms with E-state index in [4.69, 9.17) is 10.2 Å². The normalized spacial score (nSPS) is 14.9. The lowest BCUT2D eigenvalue weighted by molar-refractivity contribution is -0.142. The Morgan fingerprint density at radius 1 is 1.57 bits per heavy atom. The Balaban J connectivity index is 3.68. The minimum atomic E-state index is -0.727. The first-order valence-electron chi connectivity index (χ1n) is 4.27. The molecule has 84 valence electrons. The number of thioether (sulfide) groups is 1. The maximum absolute atomic E-state index is 11.1. The minimum absolute atomic E-state index is 0.255. The highest BCUT2D eigenvalue weighted by Crippen LogP contribution is 2.06. The molecule has 0 saturated heterocycles. The van der Waals surface area contributed by atoms with Crippen molar-refractivity contribution in [3.8, 4) is 0 Å². The highest BCUT2D eigenvalue weighted by atomic mass is 32.2. The summed E-state index contributed by atoms with van der Waals surface area (Å²) in [6, 6.07) is -0.365. The summed E-state index contributed by atoms with van der Waals surface area (Å²) in [5, 5.41) is 20.4. The third-order valence-corrected chi connectivity index (χ3v) is 2.83. The Kier molecular flexibility index (Phi) is 7.87. The largest absolute Gasteiger partial charge is 0.468 e. The van der Waals surface area contributed by atoms with E-state index < -0.39 is 6.10 Å². The van der Waals surface area contributed by atoms with Crippen molar-refractivity contribution in [2.45, 2.75) is 12.1 Å². The monoisotopic (exact) mass is 223 g/mol. The van der Waals surface area contributed by atoms with Crippen LogP contribution >= 0.6 is 11.8 Å². The lowest BCUT2D eigenvalue weighted by Gasteiger charge is -2.13. The molecule has 2 unspecified atom stereocenters. The summed E-state index contributed by atoms with van der Waals surface area (Å²) in [5.74, 6) is 0.602. The van der Waals surface area contributed by atoms with E-state index in [1.165, 1.54) is 18.9 Å². The summed E-state index contributed by atoms with van der Waals surface area (Å²) in [6.45, 7) is -0.255. The third-order valence-electron chi connectivity index (χ3n) is 1.64. The van der Waals surface area contributed by atoms with Crippen LogP contribution in [0.2, 0.25) is 0 Å². The van der Waals surface area contributed by atoms with Gasteiger partial charge in [0.2, 0.25) is 0 Å². The van der Waals surface area contributed by atoms with Gasteiger partial charge in [0.05, 0.1) is 19.8 Å². The maximum Gasteiger partial charge on any atom is 0.323 e. The van der Waals surface area contributed by atoms with Gasteiger partial charge in [-0.3, -0.25) is 4.79 Å². The standard InChI is InChI=1S/C8H17NO4S/c1-9-7(8(12)13-2)5-14-4-6(11)3-10/h6-7,9-11H,3-5H2,1-2H3. The molecule has 0 radical (unpaired) electrons. The van der Waals surface area contributed by atoms with Gasteiger partial charge in [0, 0.05) is 11.5 Å². The van der Waals surface area contributed by atoms with Gasteiger partial charge in [0.1, 0.15) is 6.04 Å². The van der Waals surface area contributed by atoms with Gasteiger partial charge in [-0.1, -0.05) is 0 Å². The van der Waals surface area contributed by atoms with E-state index in [-0.39, 0.29) is 18.6 Å². The molecule has 0 aliphatic carbocycles. The maximum atomic E-state index is 11.1. The number of likely N-dealkylation sites (N-methyl/N-ethyl adjacent to an activating group) is 1. The molecule has 2 atom stereocenters. The average molecular weight is 223 g/mol. The fraction of sp³-hybridized carbons (Fsp3) is 0.875. The molecular formula is C8H17NO4S. The average Bonchev–Trinajstić information content (AvgIpc) is 2.22. The molecule has 0 aromatic rings. The summed E-state index contributed by atoms with van der Waals surface area (Å²) in [7, 11) is 3.00. The van der Waals surface area contributed by atoms with Crippen LogP contribution in [0, 0.1) is 0 Å². The lowest BCUT2D eigenvalue weighted by atomic mass is 10.3. The summed E-state index contributed by atoms with van der Waals surface area (Å²) < 4.78 is 4.56. The van der Waals surface area contributed by atoms with Crippen LogP contribution < -0.4 is 5.32 Å². The van der Waals surface area contributed by atoms with E-state index in [2.05, 4.69) is 10.1 Å². The highest BCUT2D eigenvalue weighted by Gasteiger charge is 2.16. The number of hydrogen-bond donors (Lipinski definition) is 3. The smallest absolute Gasteiger partial charge is 0.323 e. The minimum Gasteiger partial charge on any atom is -0.468 e. The number of carbonyl (C=O) groups is 1. The van der Waals surface area contributed by atoms with Crippen molar-refractivity contribution < 1.29 is 19.7 Å². The molecular weight excluding hydrogens is 206 g/mol. The van der Waals surface area contributed by atoms with E-state index in [0.717, 1.165) is 0 Å². The third kappa shape index (κ3) is 5.43. The number of carbonyl (C=O) groups excluding carboxylic acids is 1. The Bertz CT molecular complexity index is 167. The molecule has 0 spiro atoms. The molecule has 0 amide bonds. The van der Waals surface area contributed by atoms with Crippen molar-refractivity contribution in [2.75, 3.05) is 32.3 Å². The second-order valence-electron chi connectivity index (χ2n) is 2.74. The second-order valence-corrected chi connectivity index (χ2v) is 3.81. The van der Waals surface area contributed by atoms with Crippen LogP contribution in [0.5, 0.6) is 0 Å². The summed E-state index contributed by atoms with van der Waals surface area (Å²) in [4.78, 5) is 11.1. The van der Waals surface area contributed by atoms with Gasteiger partial charge in [0.15, 0.2) is 0 Å². The number of aliphatic hydroxyl groups is 2. The van der Waals surface area contributed by atoms with Gasteiger partial charge in [-0.2, -0.15) is 11.8 Å². The predicted molar refractivity (Wildman–Crippen MR) is 55.3 cm³/mol.